The fourth-order valence-electron chi connectivity index (χ4n) is 0.936. The molecule has 0 aliphatic rings. The Morgan fingerprint density at radius 1 is 1.50 bits per heavy atom. The number of carbonyl (C=O) groups is 1. The van der Waals surface area contributed by atoms with E-state index in [1.807, 2.05) is 13.8 Å². The van der Waals surface area contributed by atoms with Crippen molar-refractivity contribution in [1.82, 2.24) is 0 Å². The zero-order chi connectivity index (χ0) is 10.1. The summed E-state index contributed by atoms with van der Waals surface area (Å²) < 4.78 is 0. The monoisotopic (exact) mass is 195 g/mol. The predicted molar refractivity (Wildman–Crippen MR) is 51.5 cm³/mol. The Bertz CT molecular complexity index is 118. The van der Waals surface area contributed by atoms with Crippen LogP contribution in [0.1, 0.15) is 26.7 Å². The summed E-state index contributed by atoms with van der Waals surface area (Å²) in [5.41, 5.74) is 4.50. The molecule has 0 heterocycles. The second kappa shape index (κ2) is 8.81. The summed E-state index contributed by atoms with van der Waals surface area (Å²) in [6, 6.07) is 0. The zero-order valence-electron chi connectivity index (χ0n) is 7.88. The lowest BCUT2D eigenvalue weighted by Gasteiger charge is -2.08. The Kier molecular flexibility index (Phi) is 10.5. The van der Waals surface area contributed by atoms with Crippen molar-refractivity contribution < 1.29 is 9.90 Å². The summed E-state index contributed by atoms with van der Waals surface area (Å²) in [4.78, 5) is 10.1. The lowest BCUT2D eigenvalue weighted by molar-refractivity contribution is -0.138. The fourth-order valence-corrected chi connectivity index (χ4v) is 1.24. The van der Waals surface area contributed by atoms with Crippen molar-refractivity contribution in [1.29, 1.82) is 0 Å². The number of hydrogen-bond acceptors (Lipinski definition) is 2. The van der Waals surface area contributed by atoms with Gasteiger partial charge in [-0.25, -0.2) is 0 Å². The van der Waals surface area contributed by atoms with Gasteiger partial charge in [-0.2, -0.15) is 0 Å². The highest BCUT2D eigenvalue weighted by Crippen LogP contribution is 2.13. The van der Waals surface area contributed by atoms with E-state index >= 15 is 0 Å². The van der Waals surface area contributed by atoms with Gasteiger partial charge in [-0.05, 0) is 26.3 Å². The van der Waals surface area contributed by atoms with E-state index in [-0.39, 0.29) is 17.7 Å². The summed E-state index contributed by atoms with van der Waals surface area (Å²) in [5.74, 6) is -0.560. The van der Waals surface area contributed by atoms with Gasteiger partial charge in [-0.1, -0.05) is 6.92 Å². The average molecular weight is 196 g/mol. The van der Waals surface area contributed by atoms with Gasteiger partial charge in [0, 0.05) is 11.8 Å². The molecule has 0 radical (unpaired) electrons. The minimum absolute atomic E-state index is 0.0781. The molecule has 0 aromatic heterocycles. The molecule has 2 unspecified atom stereocenters. The van der Waals surface area contributed by atoms with Gasteiger partial charge < -0.3 is 10.8 Å². The van der Waals surface area contributed by atoms with Crippen LogP contribution < -0.4 is 5.73 Å². The Morgan fingerprint density at radius 3 is 2.17 bits per heavy atom. The summed E-state index contributed by atoms with van der Waals surface area (Å²) in [5, 5.41) is 8.43. The smallest absolute Gasteiger partial charge is 0.303 e. The number of halogens is 1. The van der Waals surface area contributed by atoms with Crippen molar-refractivity contribution in [2.24, 2.45) is 11.7 Å². The third-order valence-corrected chi connectivity index (χ3v) is 1.43. The zero-order valence-corrected chi connectivity index (χ0v) is 8.64. The molecule has 0 aromatic carbocycles. The molecule has 0 aliphatic carbocycles. The number of alkyl halides is 1. The first-order chi connectivity index (χ1) is 5.52. The number of rotatable bonds is 4. The number of carboxylic acid groups (broad SMARTS) is 1. The topological polar surface area (TPSA) is 63.3 Å². The molecule has 2 atom stereocenters. The summed E-state index contributed by atoms with van der Waals surface area (Å²) in [6.45, 7) is 3.77. The van der Waals surface area contributed by atoms with Crippen LogP contribution in [-0.2, 0) is 4.79 Å². The van der Waals surface area contributed by atoms with E-state index in [0.29, 0.717) is 0 Å². The van der Waals surface area contributed by atoms with E-state index in [0.717, 1.165) is 6.42 Å². The second-order valence-electron chi connectivity index (χ2n) is 2.72. The van der Waals surface area contributed by atoms with E-state index in [1.165, 1.54) is 7.05 Å². The van der Waals surface area contributed by atoms with E-state index in [9.17, 15) is 4.79 Å². The van der Waals surface area contributed by atoms with Crippen molar-refractivity contribution in [3.8, 4) is 0 Å². The molecule has 4 heteroatoms. The molecular weight excluding hydrogens is 178 g/mol. The molecule has 0 aromatic rings. The maximum atomic E-state index is 10.1. The molecule has 0 amide bonds. The lowest BCUT2D eigenvalue weighted by atomic mass is 10.0. The average Bonchev–Trinajstić information content (AvgIpc) is 1.87. The number of aliphatic carboxylic acids is 1. The Balaban J connectivity index is 0. The molecule has 0 fully saturated rings. The molecular formula is C8H18ClNO2. The van der Waals surface area contributed by atoms with Crippen LogP contribution in [0.4, 0.5) is 0 Å². The molecule has 0 aliphatic heterocycles. The molecule has 3 N–H and O–H groups in total. The number of nitrogens with two attached hydrogens (primary N) is 1. The van der Waals surface area contributed by atoms with Crippen LogP contribution in [-0.4, -0.2) is 23.5 Å². The maximum Gasteiger partial charge on any atom is 0.303 e. The first-order valence-electron chi connectivity index (χ1n) is 3.96. The molecule has 0 saturated carbocycles. The summed E-state index contributed by atoms with van der Waals surface area (Å²) in [7, 11) is 1.50. The van der Waals surface area contributed by atoms with Gasteiger partial charge in [-0.3, -0.25) is 4.79 Å². The lowest BCUT2D eigenvalue weighted by Crippen LogP contribution is -2.07. The van der Waals surface area contributed by atoms with Gasteiger partial charge in [-0.15, -0.1) is 11.6 Å². The number of carboxylic acids is 1. The molecule has 12 heavy (non-hydrogen) atoms. The predicted octanol–water partition coefficient (Wildman–Crippen LogP) is 1.69. The van der Waals surface area contributed by atoms with Crippen LogP contribution in [0.25, 0.3) is 0 Å². The van der Waals surface area contributed by atoms with Crippen molar-refractivity contribution >= 4 is 17.6 Å². The van der Waals surface area contributed by atoms with Crippen LogP contribution in [0.5, 0.6) is 0 Å². The highest BCUT2D eigenvalue weighted by atomic mass is 35.5. The van der Waals surface area contributed by atoms with Crippen LogP contribution >= 0.6 is 11.6 Å². The van der Waals surface area contributed by atoms with Gasteiger partial charge in [0.2, 0.25) is 0 Å². The van der Waals surface area contributed by atoms with E-state index in [1.54, 1.807) is 0 Å². The summed E-state index contributed by atoms with van der Waals surface area (Å²) in [6.07, 6.45) is 0.991. The Hall–Kier alpha value is -0.280. The van der Waals surface area contributed by atoms with Crippen LogP contribution in [0, 0.1) is 5.92 Å². The highest BCUT2D eigenvalue weighted by Gasteiger charge is 2.09. The Labute approximate surface area is 78.9 Å². The molecule has 0 saturated heterocycles. The van der Waals surface area contributed by atoms with Gasteiger partial charge in [0.05, 0.1) is 0 Å². The molecule has 3 nitrogen and oxygen atoms in total. The van der Waals surface area contributed by atoms with E-state index in [4.69, 9.17) is 16.7 Å². The molecule has 0 spiro atoms. The SMILES string of the molecule is CC(Cl)CC(C)CC(=O)O.CN. The van der Waals surface area contributed by atoms with Gasteiger partial charge in [0.25, 0.3) is 0 Å². The van der Waals surface area contributed by atoms with E-state index < -0.39 is 5.97 Å². The fraction of sp³-hybridized carbons (Fsp3) is 0.875. The van der Waals surface area contributed by atoms with Crippen LogP contribution in [0.15, 0.2) is 0 Å². The number of hydrogen-bond donors (Lipinski definition) is 2. The van der Waals surface area contributed by atoms with Crippen molar-refractivity contribution in [3.05, 3.63) is 0 Å². The molecule has 0 bridgehead atoms. The van der Waals surface area contributed by atoms with Crippen LogP contribution in [0.2, 0.25) is 0 Å². The third-order valence-electron chi connectivity index (χ3n) is 1.25. The van der Waals surface area contributed by atoms with Gasteiger partial charge >= 0.3 is 5.97 Å². The Morgan fingerprint density at radius 2 is 1.92 bits per heavy atom. The highest BCUT2D eigenvalue weighted by molar-refractivity contribution is 6.20. The van der Waals surface area contributed by atoms with Gasteiger partial charge in [0.15, 0.2) is 0 Å². The third kappa shape index (κ3) is 12.4. The largest absolute Gasteiger partial charge is 0.481 e. The van der Waals surface area contributed by atoms with Crippen molar-refractivity contribution in [3.63, 3.8) is 0 Å². The molecule has 74 valence electrons. The minimum atomic E-state index is -0.746. The standard InChI is InChI=1S/C7H13ClO2.CH5N/c1-5(3-6(2)8)4-7(9)10;1-2/h5-6H,3-4H2,1-2H3,(H,9,10);2H2,1H3. The van der Waals surface area contributed by atoms with Crippen molar-refractivity contribution in [2.45, 2.75) is 32.1 Å². The van der Waals surface area contributed by atoms with E-state index in [2.05, 4.69) is 5.73 Å². The van der Waals surface area contributed by atoms with Crippen LogP contribution in [0.3, 0.4) is 0 Å². The minimum Gasteiger partial charge on any atom is -0.481 e. The second-order valence-corrected chi connectivity index (χ2v) is 3.46. The van der Waals surface area contributed by atoms with Crippen molar-refractivity contribution in [2.75, 3.05) is 7.05 Å². The summed E-state index contributed by atoms with van der Waals surface area (Å²) >= 11 is 5.66. The first-order valence-corrected chi connectivity index (χ1v) is 4.39. The first kappa shape index (κ1) is 14.3. The maximum absolute atomic E-state index is 10.1. The molecule has 0 rings (SSSR count). The normalized spacial score (nSPS) is 14.1. The quantitative estimate of drug-likeness (QED) is 0.672. The van der Waals surface area contributed by atoms with Gasteiger partial charge in [0.1, 0.15) is 0 Å².